The fourth-order valence-corrected chi connectivity index (χ4v) is 2.78. The molecule has 0 spiro atoms. The molecule has 1 atom stereocenters. The summed E-state index contributed by atoms with van der Waals surface area (Å²) >= 11 is 16.8. The van der Waals surface area contributed by atoms with Crippen molar-refractivity contribution in [2.45, 2.75) is 36.2 Å². The van der Waals surface area contributed by atoms with Gasteiger partial charge in [-0.3, -0.25) is 19.8 Å². The van der Waals surface area contributed by atoms with Gasteiger partial charge in [0.1, 0.15) is 6.61 Å². The molecule has 1 heterocycles. The molecule has 0 fully saturated rings. The van der Waals surface area contributed by atoms with Gasteiger partial charge in [-0.1, -0.05) is 34.8 Å². The van der Waals surface area contributed by atoms with Gasteiger partial charge in [-0.05, 0) is 37.1 Å². The van der Waals surface area contributed by atoms with Gasteiger partial charge in [-0.25, -0.2) is 4.79 Å². The van der Waals surface area contributed by atoms with Crippen LogP contribution in [0.5, 0.6) is 0 Å². The fourth-order valence-electron chi connectivity index (χ4n) is 2.61. The van der Waals surface area contributed by atoms with Crippen molar-refractivity contribution in [1.82, 2.24) is 4.90 Å². The number of benzene rings is 1. The fraction of sp³-hybridized carbons (Fsp3) is 0.412. The molecule has 0 saturated carbocycles. The number of esters is 1. The Bertz CT molecular complexity index is 807. The molecule has 0 N–H and O–H groups in total. The van der Waals surface area contributed by atoms with Crippen LogP contribution in [0.15, 0.2) is 24.4 Å². The maximum absolute atomic E-state index is 12.5. The zero-order valence-corrected chi connectivity index (χ0v) is 17.2. The lowest BCUT2D eigenvalue weighted by molar-refractivity contribution is -0.385. The predicted octanol–water partition coefficient (Wildman–Crippen LogP) is 4.77. The number of non-ortho nitro benzene ring substituents is 1. The van der Waals surface area contributed by atoms with Crippen molar-refractivity contribution in [3.63, 3.8) is 0 Å². The molecule has 2 rings (SSSR count). The number of alkyl halides is 3. The zero-order chi connectivity index (χ0) is 21.1. The van der Waals surface area contributed by atoms with Gasteiger partial charge in [-0.2, -0.15) is 0 Å². The Balaban J connectivity index is 2.36. The molecule has 28 heavy (non-hydrogen) atoms. The number of hydrogen-bond acceptors (Lipinski definition) is 6. The van der Waals surface area contributed by atoms with Crippen LogP contribution in [0.4, 0.5) is 10.5 Å². The van der Waals surface area contributed by atoms with E-state index in [1.54, 1.807) is 19.9 Å². The summed E-state index contributed by atoms with van der Waals surface area (Å²) in [6, 6.07) is 3.30. The lowest BCUT2D eigenvalue weighted by Crippen LogP contribution is -2.36. The van der Waals surface area contributed by atoms with E-state index in [2.05, 4.69) is 0 Å². The smallest absolute Gasteiger partial charge is 0.414 e. The van der Waals surface area contributed by atoms with Crippen LogP contribution in [-0.2, 0) is 14.3 Å². The highest BCUT2D eigenvalue weighted by atomic mass is 35.6. The van der Waals surface area contributed by atoms with E-state index >= 15 is 0 Å². The number of carbonyl (C=O) groups is 2. The largest absolute Gasteiger partial charge is 0.463 e. The second kappa shape index (κ2) is 8.98. The molecule has 11 heteroatoms. The van der Waals surface area contributed by atoms with Crippen LogP contribution in [0.25, 0.3) is 6.08 Å². The number of amides is 1. The van der Waals surface area contributed by atoms with Crippen LogP contribution in [-0.4, -0.2) is 38.4 Å². The Kier molecular flexibility index (Phi) is 7.14. The Morgan fingerprint density at radius 1 is 1.32 bits per heavy atom. The number of nitrogens with zero attached hydrogens (tertiary/aromatic N) is 2. The normalized spacial score (nSPS) is 15.9. The minimum atomic E-state index is -1.81. The monoisotopic (exact) mass is 450 g/mol. The Morgan fingerprint density at radius 3 is 2.57 bits per heavy atom. The highest BCUT2D eigenvalue weighted by Gasteiger charge is 2.34. The van der Waals surface area contributed by atoms with E-state index in [1.807, 2.05) is 0 Å². The van der Waals surface area contributed by atoms with E-state index in [-0.39, 0.29) is 18.2 Å². The third kappa shape index (κ3) is 5.98. The molecule has 152 valence electrons. The average molecular weight is 452 g/mol. The number of hydrogen-bond donors (Lipinski definition) is 0. The second-order valence-electron chi connectivity index (χ2n) is 6.22. The van der Waals surface area contributed by atoms with Crippen molar-refractivity contribution in [2.75, 3.05) is 6.61 Å². The van der Waals surface area contributed by atoms with Crippen LogP contribution in [0, 0.1) is 10.1 Å². The minimum Gasteiger partial charge on any atom is -0.463 e. The third-order valence-corrected chi connectivity index (χ3v) is 4.02. The van der Waals surface area contributed by atoms with Crippen LogP contribution >= 0.6 is 34.8 Å². The lowest BCUT2D eigenvalue weighted by atomic mass is 9.93. The van der Waals surface area contributed by atoms with E-state index in [1.165, 1.54) is 24.4 Å². The first-order valence-electron chi connectivity index (χ1n) is 8.16. The number of carbonyl (C=O) groups excluding carboxylic acids is 2. The summed E-state index contributed by atoms with van der Waals surface area (Å²) in [5.74, 6) is -0.577. The van der Waals surface area contributed by atoms with Crippen molar-refractivity contribution >= 4 is 58.6 Å². The Hall–Kier alpha value is -2.03. The molecule has 0 aliphatic carbocycles. The first kappa shape index (κ1) is 22.3. The quantitative estimate of drug-likeness (QED) is 0.277. The molecule has 0 saturated heterocycles. The second-order valence-corrected chi connectivity index (χ2v) is 8.74. The molecule has 1 aromatic carbocycles. The molecule has 1 aliphatic heterocycles. The Labute approximate surface area is 176 Å². The van der Waals surface area contributed by atoms with E-state index in [4.69, 9.17) is 44.3 Å². The van der Waals surface area contributed by atoms with E-state index in [0.717, 1.165) is 4.90 Å². The minimum absolute atomic E-state index is 0.175. The number of rotatable bonds is 5. The highest BCUT2D eigenvalue weighted by molar-refractivity contribution is 6.67. The molecule has 8 nitrogen and oxygen atoms in total. The molecule has 0 bridgehead atoms. The van der Waals surface area contributed by atoms with Crippen molar-refractivity contribution in [3.8, 4) is 0 Å². The molecular formula is C17H17Cl3N2O6. The number of nitro benzene ring substituents is 1. The summed E-state index contributed by atoms with van der Waals surface area (Å²) in [6.07, 6.45) is 1.50. The van der Waals surface area contributed by atoms with E-state index in [9.17, 15) is 19.7 Å². The molecule has 0 radical (unpaired) electrons. The van der Waals surface area contributed by atoms with Crippen molar-refractivity contribution in [1.29, 1.82) is 0 Å². The summed E-state index contributed by atoms with van der Waals surface area (Å²) in [6.45, 7) is 2.86. The van der Waals surface area contributed by atoms with Gasteiger partial charge in [0.05, 0.1) is 23.5 Å². The molecule has 1 aromatic rings. The predicted molar refractivity (Wildman–Crippen MR) is 104 cm³/mol. The van der Waals surface area contributed by atoms with Gasteiger partial charge in [0.15, 0.2) is 0 Å². The number of nitro groups is 1. The summed E-state index contributed by atoms with van der Waals surface area (Å²) in [7, 11) is 0. The molecule has 1 aliphatic rings. The van der Waals surface area contributed by atoms with Gasteiger partial charge in [-0.15, -0.1) is 0 Å². The van der Waals surface area contributed by atoms with Crippen molar-refractivity contribution in [3.05, 3.63) is 45.6 Å². The van der Waals surface area contributed by atoms with Gasteiger partial charge in [0, 0.05) is 18.3 Å². The lowest BCUT2D eigenvalue weighted by Gasteiger charge is -2.32. The van der Waals surface area contributed by atoms with Crippen LogP contribution in [0.1, 0.15) is 37.4 Å². The van der Waals surface area contributed by atoms with Crippen LogP contribution in [0.2, 0.25) is 0 Å². The number of halogens is 3. The van der Waals surface area contributed by atoms with E-state index < -0.39 is 33.4 Å². The van der Waals surface area contributed by atoms with Gasteiger partial charge in [0.25, 0.3) is 5.69 Å². The standard InChI is InChI=1S/C17H17Cl3N2O6/c1-10(2)28-15(23)8-14-13-7-12(22(25)26)4-3-11(13)5-6-21(14)16(24)27-9-17(18,19)20/h3-7,10,14H,8-9H2,1-2H3/t14-/m1/s1. The summed E-state index contributed by atoms with van der Waals surface area (Å²) in [5.41, 5.74) is 0.854. The number of fused-ring (bicyclic) bond motifs is 1. The third-order valence-electron chi connectivity index (χ3n) is 3.69. The first-order valence-corrected chi connectivity index (χ1v) is 9.29. The van der Waals surface area contributed by atoms with Gasteiger partial charge >= 0.3 is 12.1 Å². The molecular weight excluding hydrogens is 435 g/mol. The molecule has 1 amide bonds. The number of ether oxygens (including phenoxy) is 2. The van der Waals surface area contributed by atoms with Crippen molar-refractivity contribution in [2.24, 2.45) is 0 Å². The van der Waals surface area contributed by atoms with Crippen LogP contribution in [0.3, 0.4) is 0 Å². The van der Waals surface area contributed by atoms with Gasteiger partial charge < -0.3 is 9.47 Å². The Morgan fingerprint density at radius 2 is 2.00 bits per heavy atom. The summed E-state index contributed by atoms with van der Waals surface area (Å²) in [4.78, 5) is 36.4. The average Bonchev–Trinajstić information content (AvgIpc) is 2.58. The summed E-state index contributed by atoms with van der Waals surface area (Å²) in [5, 5.41) is 11.1. The maximum atomic E-state index is 12.5. The first-order chi connectivity index (χ1) is 13.0. The molecule has 0 aromatic heterocycles. The zero-order valence-electron chi connectivity index (χ0n) is 14.9. The van der Waals surface area contributed by atoms with E-state index in [0.29, 0.717) is 11.1 Å². The van der Waals surface area contributed by atoms with Crippen LogP contribution < -0.4 is 0 Å². The topological polar surface area (TPSA) is 99.0 Å². The van der Waals surface area contributed by atoms with Gasteiger partial charge in [0.2, 0.25) is 3.79 Å². The SMILES string of the molecule is CC(C)OC(=O)C[C@@H]1c2cc([N+](=O)[O-])ccc2C=CN1C(=O)OCC(Cl)(Cl)Cl. The van der Waals surface area contributed by atoms with Crippen molar-refractivity contribution < 1.29 is 24.0 Å². The highest BCUT2D eigenvalue weighted by Crippen LogP contribution is 2.36. The maximum Gasteiger partial charge on any atom is 0.414 e. The molecule has 0 unspecified atom stereocenters. The summed E-state index contributed by atoms with van der Waals surface area (Å²) < 4.78 is 8.33.